The Morgan fingerprint density at radius 2 is 1.85 bits per heavy atom. The van der Waals surface area contributed by atoms with Crippen molar-refractivity contribution < 1.29 is 17.6 Å². The molecule has 0 saturated heterocycles. The highest BCUT2D eigenvalue weighted by Gasteiger charge is 2.46. The Kier molecular flexibility index (Phi) is 4.19. The lowest BCUT2D eigenvalue weighted by atomic mass is 10.2. The van der Waals surface area contributed by atoms with Gasteiger partial charge in [0.15, 0.2) is 0 Å². The van der Waals surface area contributed by atoms with Crippen molar-refractivity contribution in [2.45, 2.75) is 12.3 Å². The van der Waals surface area contributed by atoms with Crippen LogP contribution in [-0.2, 0) is 5.92 Å². The summed E-state index contributed by atoms with van der Waals surface area (Å²) in [5.74, 6) is -5.58. The normalized spacial score (nSPS) is 12.2. The van der Waals surface area contributed by atoms with E-state index in [0.717, 1.165) is 0 Å². The average molecular weight is 417 g/mol. The molecular weight excluding hydrogens is 410 g/mol. The van der Waals surface area contributed by atoms with Crippen LogP contribution in [0, 0.1) is 0 Å². The monoisotopic (exact) mass is 415 g/mol. The zero-order valence-corrected chi connectivity index (χ0v) is 13.1. The molecule has 9 heteroatoms. The maximum Gasteiger partial charge on any atom is 0.365 e. The summed E-state index contributed by atoms with van der Waals surface area (Å²) in [6, 6.07) is 3.19. The molecule has 0 aliphatic heterocycles. The second-order valence-corrected chi connectivity index (χ2v) is 5.62. The molecule has 2 rings (SSSR count). The molecule has 0 spiro atoms. The van der Waals surface area contributed by atoms with Crippen molar-refractivity contribution in [1.29, 1.82) is 0 Å². The second kappa shape index (κ2) is 5.44. The third-order valence-corrected chi connectivity index (χ3v) is 3.59. The van der Waals surface area contributed by atoms with Crippen LogP contribution in [0.4, 0.5) is 23.4 Å². The maximum absolute atomic E-state index is 13.4. The minimum atomic E-state index is -4.41. The fourth-order valence-electron chi connectivity index (χ4n) is 1.59. The lowest BCUT2D eigenvalue weighted by Crippen LogP contribution is -2.26. The molecule has 0 radical (unpaired) electrons. The van der Waals surface area contributed by atoms with E-state index >= 15 is 0 Å². The first kappa shape index (κ1) is 15.4. The smallest absolute Gasteiger partial charge is 0.365 e. The number of benzene rings is 1. The molecule has 0 saturated carbocycles. The molecule has 1 heterocycles. The van der Waals surface area contributed by atoms with Crippen molar-refractivity contribution in [3.63, 3.8) is 0 Å². The van der Waals surface area contributed by atoms with Gasteiger partial charge in [-0.3, -0.25) is 0 Å². The van der Waals surface area contributed by atoms with Crippen molar-refractivity contribution >= 4 is 48.6 Å². The van der Waals surface area contributed by atoms with Crippen molar-refractivity contribution in [3.05, 3.63) is 26.9 Å². The van der Waals surface area contributed by atoms with E-state index in [1.54, 1.807) is 12.1 Å². The van der Waals surface area contributed by atoms with Crippen molar-refractivity contribution in [3.8, 4) is 0 Å². The lowest BCUT2D eigenvalue weighted by Gasteiger charge is -2.16. The molecule has 0 aliphatic rings. The first-order valence-electron chi connectivity index (χ1n) is 5.28. The van der Waals surface area contributed by atoms with Gasteiger partial charge in [-0.1, -0.05) is 15.9 Å². The Balaban J connectivity index is 2.79. The van der Waals surface area contributed by atoms with Crippen LogP contribution in [-0.4, -0.2) is 23.4 Å². The highest BCUT2D eigenvalue weighted by Crippen LogP contribution is 2.37. The fourth-order valence-corrected chi connectivity index (χ4v) is 2.91. The molecule has 2 aromatic rings. The molecule has 3 nitrogen and oxygen atoms in total. The van der Waals surface area contributed by atoms with Gasteiger partial charge < -0.3 is 5.32 Å². The van der Waals surface area contributed by atoms with Crippen LogP contribution in [0.15, 0.2) is 21.1 Å². The summed E-state index contributed by atoms with van der Waals surface area (Å²) in [5, 5.41) is 3.04. The van der Waals surface area contributed by atoms with Crippen molar-refractivity contribution in [2.75, 3.05) is 12.4 Å². The Labute approximate surface area is 128 Å². The van der Waals surface area contributed by atoms with E-state index in [2.05, 4.69) is 47.1 Å². The van der Waals surface area contributed by atoms with Crippen molar-refractivity contribution in [2.24, 2.45) is 0 Å². The minimum absolute atomic E-state index is 0.0484. The van der Waals surface area contributed by atoms with E-state index in [9.17, 15) is 17.6 Å². The highest BCUT2D eigenvalue weighted by atomic mass is 79.9. The number of alkyl halides is 4. The zero-order valence-electron chi connectivity index (χ0n) is 9.89. The zero-order chi connectivity index (χ0) is 15.1. The van der Waals surface area contributed by atoms with E-state index in [0.29, 0.717) is 14.3 Å². The Bertz CT molecular complexity index is 664. The molecule has 0 amide bonds. The summed E-state index contributed by atoms with van der Waals surface area (Å²) in [6.45, 7) is 0. The number of aromatic nitrogens is 2. The summed E-state index contributed by atoms with van der Waals surface area (Å²) in [5.41, 5.74) is 0.128. The molecule has 0 unspecified atom stereocenters. The predicted octanol–water partition coefficient (Wildman–Crippen LogP) is 4.55. The van der Waals surface area contributed by atoms with Crippen LogP contribution in [0.2, 0.25) is 0 Å². The van der Waals surface area contributed by atoms with E-state index in [-0.39, 0.29) is 11.3 Å². The first-order valence-corrected chi connectivity index (χ1v) is 6.87. The molecular formula is C11H7Br2F4N3. The molecule has 20 heavy (non-hydrogen) atoms. The lowest BCUT2D eigenvalue weighted by molar-refractivity contribution is -0.140. The predicted molar refractivity (Wildman–Crippen MR) is 74.4 cm³/mol. The fraction of sp³-hybridized carbons (Fsp3) is 0.273. The molecule has 0 bridgehead atoms. The summed E-state index contributed by atoms with van der Waals surface area (Å²) >= 11 is 6.41. The van der Waals surface area contributed by atoms with Crippen LogP contribution in [0.3, 0.4) is 0 Å². The number of fused-ring (bicyclic) bond motifs is 1. The van der Waals surface area contributed by atoms with E-state index in [1.165, 1.54) is 7.05 Å². The van der Waals surface area contributed by atoms with Crippen molar-refractivity contribution in [1.82, 2.24) is 9.97 Å². The summed E-state index contributed by atoms with van der Waals surface area (Å²) in [6.07, 6.45) is -3.88. The van der Waals surface area contributed by atoms with E-state index in [4.69, 9.17) is 0 Å². The molecule has 0 fully saturated rings. The van der Waals surface area contributed by atoms with Crippen LogP contribution in [0.5, 0.6) is 0 Å². The van der Waals surface area contributed by atoms with Gasteiger partial charge in [0.25, 0.3) is 0 Å². The van der Waals surface area contributed by atoms with Gasteiger partial charge >= 0.3 is 12.3 Å². The van der Waals surface area contributed by atoms with E-state index in [1.807, 2.05) is 0 Å². The number of nitrogens with zero attached hydrogens (tertiary/aromatic N) is 2. The third-order valence-electron chi connectivity index (χ3n) is 2.53. The van der Waals surface area contributed by atoms with Gasteiger partial charge in [-0.2, -0.15) is 8.78 Å². The average Bonchev–Trinajstić information content (AvgIpc) is 2.37. The summed E-state index contributed by atoms with van der Waals surface area (Å²) in [4.78, 5) is 7.07. The van der Waals surface area contributed by atoms with Crippen LogP contribution < -0.4 is 5.32 Å². The molecule has 0 aliphatic carbocycles. The summed E-state index contributed by atoms with van der Waals surface area (Å²) < 4.78 is 52.7. The SMILES string of the molecule is CNc1nc(C(F)(F)C(F)F)nc2c(Br)cc(Br)cc12. The van der Waals surface area contributed by atoms with Gasteiger partial charge in [-0.05, 0) is 28.1 Å². The van der Waals surface area contributed by atoms with Gasteiger partial charge in [0.1, 0.15) is 5.82 Å². The number of halogens is 6. The largest absolute Gasteiger partial charge is 0.373 e. The van der Waals surface area contributed by atoms with Crippen LogP contribution >= 0.6 is 31.9 Å². The van der Waals surface area contributed by atoms with Gasteiger partial charge in [0, 0.05) is 21.4 Å². The van der Waals surface area contributed by atoms with Gasteiger partial charge in [-0.25, -0.2) is 18.7 Å². The van der Waals surface area contributed by atoms with Crippen LogP contribution in [0.25, 0.3) is 10.9 Å². The molecule has 1 aromatic carbocycles. The maximum atomic E-state index is 13.4. The number of nitrogens with one attached hydrogen (secondary N) is 1. The Morgan fingerprint density at radius 1 is 1.20 bits per heavy atom. The van der Waals surface area contributed by atoms with Gasteiger partial charge in [-0.15, -0.1) is 0 Å². The molecule has 1 N–H and O–H groups in total. The number of rotatable bonds is 3. The quantitative estimate of drug-likeness (QED) is 0.745. The van der Waals surface area contributed by atoms with E-state index < -0.39 is 18.2 Å². The minimum Gasteiger partial charge on any atom is -0.373 e. The van der Waals surface area contributed by atoms with Crippen LogP contribution in [0.1, 0.15) is 5.82 Å². The first-order chi connectivity index (χ1) is 9.27. The van der Waals surface area contributed by atoms with Gasteiger partial charge in [0.2, 0.25) is 5.82 Å². The molecule has 108 valence electrons. The third kappa shape index (κ3) is 2.60. The highest BCUT2D eigenvalue weighted by molar-refractivity contribution is 9.11. The summed E-state index contributed by atoms with van der Waals surface area (Å²) in [7, 11) is 1.46. The van der Waals surface area contributed by atoms with Gasteiger partial charge in [0.05, 0.1) is 5.52 Å². The molecule has 0 atom stereocenters. The number of hydrogen-bond donors (Lipinski definition) is 1. The molecule has 1 aromatic heterocycles. The Morgan fingerprint density at radius 3 is 2.40 bits per heavy atom. The Hall–Kier alpha value is -0.960. The standard InChI is InChI=1S/C11H7Br2F4N3/c1-18-8-5-2-4(12)3-6(13)7(5)19-10(20-8)11(16,17)9(14)15/h2-3,9H,1H3,(H,18,19,20). The number of anilines is 1. The number of hydrogen-bond acceptors (Lipinski definition) is 3. The second-order valence-electron chi connectivity index (χ2n) is 3.85. The topological polar surface area (TPSA) is 37.8 Å².